The van der Waals surface area contributed by atoms with Crippen LogP contribution in [0.4, 0.5) is 5.69 Å². The molecule has 4 heteroatoms. The van der Waals surface area contributed by atoms with Crippen molar-refractivity contribution < 1.29 is 9.94 Å². The van der Waals surface area contributed by atoms with Crippen molar-refractivity contribution in [1.82, 2.24) is 0 Å². The first kappa shape index (κ1) is 8.04. The molecule has 50 valence electrons. The number of hydrogen-bond donors (Lipinski definition) is 2. The van der Waals surface area contributed by atoms with Gasteiger partial charge in [0.1, 0.15) is 5.69 Å². The lowest BCUT2D eigenvalue weighted by Gasteiger charge is -1.82. The van der Waals surface area contributed by atoms with Crippen LogP contribution in [0, 0.1) is 0 Å². The fourth-order valence-electron chi connectivity index (χ4n) is 0.481. The Bertz CT molecular complexity index is 175. The summed E-state index contributed by atoms with van der Waals surface area (Å²) in [6, 6.07) is 3.36. The van der Waals surface area contributed by atoms with E-state index in [-0.39, 0.29) is 12.4 Å². The van der Waals surface area contributed by atoms with Gasteiger partial charge in [0.15, 0.2) is 0 Å². The molecule has 0 aliphatic heterocycles. The van der Waals surface area contributed by atoms with E-state index in [1.54, 1.807) is 12.1 Å². The van der Waals surface area contributed by atoms with Gasteiger partial charge in [0.05, 0.1) is 0 Å². The molecule has 0 aromatic carbocycles. The second-order valence-corrected chi connectivity index (χ2v) is 1.52. The van der Waals surface area contributed by atoms with E-state index in [1.165, 1.54) is 12.4 Å². The van der Waals surface area contributed by atoms with Gasteiger partial charge >= 0.3 is 0 Å². The van der Waals surface area contributed by atoms with Gasteiger partial charge in [-0.1, -0.05) is 0 Å². The van der Waals surface area contributed by atoms with Gasteiger partial charge in [-0.05, 0) is 6.07 Å². The molecule has 0 saturated carbocycles. The fourth-order valence-corrected chi connectivity index (χ4v) is 0.481. The van der Waals surface area contributed by atoms with Crippen LogP contribution in [0.2, 0.25) is 0 Å². The number of nitrogen functional groups attached to an aromatic ring is 1. The third-order valence-electron chi connectivity index (χ3n) is 0.809. The number of pyridine rings is 1. The van der Waals surface area contributed by atoms with Crippen LogP contribution >= 0.6 is 12.4 Å². The molecule has 0 atom stereocenters. The zero-order valence-electron chi connectivity index (χ0n) is 4.69. The number of hydrogen-bond acceptors (Lipinski definition) is 2. The number of rotatable bonds is 0. The minimum Gasteiger partial charge on any atom is -0.394 e. The maximum absolute atomic E-state index is 8.65. The molecular formula is C5H8ClN2O+. The molecule has 0 bridgehead atoms. The molecule has 0 radical (unpaired) electrons. The molecule has 0 fully saturated rings. The van der Waals surface area contributed by atoms with Gasteiger partial charge in [0, 0.05) is 10.8 Å². The van der Waals surface area contributed by atoms with Gasteiger partial charge in [0.2, 0.25) is 12.4 Å². The molecule has 1 aromatic rings. The van der Waals surface area contributed by atoms with Gasteiger partial charge in [-0.3, -0.25) is 5.21 Å². The Kier molecular flexibility index (Phi) is 2.81. The summed E-state index contributed by atoms with van der Waals surface area (Å²) in [7, 11) is 0. The highest BCUT2D eigenvalue weighted by Gasteiger charge is 1.91. The van der Waals surface area contributed by atoms with Gasteiger partial charge in [-0.25, -0.2) is 0 Å². The van der Waals surface area contributed by atoms with Gasteiger partial charge < -0.3 is 5.73 Å². The second kappa shape index (κ2) is 3.14. The summed E-state index contributed by atoms with van der Waals surface area (Å²) in [6.07, 6.45) is 2.91. The van der Waals surface area contributed by atoms with E-state index in [0.717, 1.165) is 4.73 Å². The Balaban J connectivity index is 0.000000640. The Labute approximate surface area is 59.1 Å². The summed E-state index contributed by atoms with van der Waals surface area (Å²) < 4.78 is 0.912. The van der Waals surface area contributed by atoms with Crippen molar-refractivity contribution in [3.8, 4) is 0 Å². The summed E-state index contributed by atoms with van der Waals surface area (Å²) in [5.74, 6) is 0. The van der Waals surface area contributed by atoms with E-state index in [9.17, 15) is 0 Å². The van der Waals surface area contributed by atoms with Crippen LogP contribution in [0.25, 0.3) is 0 Å². The van der Waals surface area contributed by atoms with E-state index in [2.05, 4.69) is 0 Å². The number of aromatic nitrogens is 1. The minimum absolute atomic E-state index is 0. The Morgan fingerprint density at radius 1 is 1.56 bits per heavy atom. The van der Waals surface area contributed by atoms with Crippen LogP contribution in [0.1, 0.15) is 0 Å². The quantitative estimate of drug-likeness (QED) is 0.407. The molecule has 1 aromatic heterocycles. The highest BCUT2D eigenvalue weighted by atomic mass is 35.5. The smallest absolute Gasteiger partial charge is 0.245 e. The molecular weight excluding hydrogens is 140 g/mol. The van der Waals surface area contributed by atoms with Crippen LogP contribution in [0.5, 0.6) is 0 Å². The summed E-state index contributed by atoms with van der Waals surface area (Å²) in [6.45, 7) is 0. The molecule has 1 rings (SSSR count). The summed E-state index contributed by atoms with van der Waals surface area (Å²) in [5, 5.41) is 8.65. The van der Waals surface area contributed by atoms with Gasteiger partial charge in [-0.2, -0.15) is 0 Å². The van der Waals surface area contributed by atoms with Crippen LogP contribution in [0.3, 0.4) is 0 Å². The molecule has 0 aliphatic rings. The van der Waals surface area contributed by atoms with Crippen LogP contribution in [0.15, 0.2) is 24.5 Å². The second-order valence-electron chi connectivity index (χ2n) is 1.52. The number of nitrogens with two attached hydrogens (primary N) is 1. The first-order valence-electron chi connectivity index (χ1n) is 2.25. The monoisotopic (exact) mass is 147 g/mol. The molecule has 0 aliphatic carbocycles. The van der Waals surface area contributed by atoms with Crippen molar-refractivity contribution >= 4 is 18.1 Å². The molecule has 0 saturated heterocycles. The van der Waals surface area contributed by atoms with Crippen LogP contribution in [-0.4, -0.2) is 5.21 Å². The minimum atomic E-state index is 0. The predicted octanol–water partition coefficient (Wildman–Crippen LogP) is 0.215. The highest BCUT2D eigenvalue weighted by Crippen LogP contribution is 1.90. The predicted molar refractivity (Wildman–Crippen MR) is 35.5 cm³/mol. The average molecular weight is 148 g/mol. The highest BCUT2D eigenvalue weighted by molar-refractivity contribution is 5.85. The number of halogens is 1. The normalized spacial score (nSPS) is 8.00. The van der Waals surface area contributed by atoms with Gasteiger partial charge in [-0.15, -0.1) is 12.4 Å². The van der Waals surface area contributed by atoms with Crippen molar-refractivity contribution in [3.63, 3.8) is 0 Å². The van der Waals surface area contributed by atoms with E-state index >= 15 is 0 Å². The molecule has 1 heterocycles. The maximum Gasteiger partial charge on any atom is 0.245 e. The molecule has 0 spiro atoms. The molecule has 9 heavy (non-hydrogen) atoms. The molecule has 0 amide bonds. The topological polar surface area (TPSA) is 50.1 Å². The Morgan fingerprint density at radius 2 is 2.22 bits per heavy atom. The van der Waals surface area contributed by atoms with Crippen LogP contribution in [-0.2, 0) is 0 Å². The summed E-state index contributed by atoms with van der Waals surface area (Å²) in [5.41, 5.74) is 5.83. The van der Waals surface area contributed by atoms with E-state index in [4.69, 9.17) is 10.9 Å². The standard InChI is InChI=1S/C5H7N2O.ClH/c6-5-2-1-3-7(8)4-5;/h1-4,8H,6H2;1H/q+1;. The number of nitrogens with zero attached hydrogens (tertiary/aromatic N) is 1. The Hall–Kier alpha value is -0.960. The van der Waals surface area contributed by atoms with Crippen molar-refractivity contribution in [2.24, 2.45) is 0 Å². The molecule has 0 unspecified atom stereocenters. The van der Waals surface area contributed by atoms with Crippen molar-refractivity contribution in [1.29, 1.82) is 0 Å². The number of anilines is 1. The fraction of sp³-hybridized carbons (Fsp3) is 0. The zero-order valence-corrected chi connectivity index (χ0v) is 5.51. The lowest BCUT2D eigenvalue weighted by molar-refractivity contribution is -0.904. The zero-order chi connectivity index (χ0) is 5.98. The Morgan fingerprint density at radius 3 is 2.56 bits per heavy atom. The van der Waals surface area contributed by atoms with Crippen molar-refractivity contribution in [3.05, 3.63) is 24.5 Å². The third-order valence-corrected chi connectivity index (χ3v) is 0.809. The van der Waals surface area contributed by atoms with E-state index < -0.39 is 0 Å². The van der Waals surface area contributed by atoms with Crippen molar-refractivity contribution in [2.75, 3.05) is 5.73 Å². The maximum atomic E-state index is 8.65. The lowest BCUT2D eigenvalue weighted by atomic mass is 10.4. The lowest BCUT2D eigenvalue weighted by Crippen LogP contribution is -2.28. The summed E-state index contributed by atoms with van der Waals surface area (Å²) >= 11 is 0. The van der Waals surface area contributed by atoms with Gasteiger partial charge in [0.25, 0.3) is 0 Å². The van der Waals surface area contributed by atoms with E-state index in [1.807, 2.05) is 0 Å². The SMILES string of the molecule is Cl.Nc1ccc[n+](O)c1. The van der Waals surface area contributed by atoms with Crippen molar-refractivity contribution in [2.45, 2.75) is 0 Å². The summed E-state index contributed by atoms with van der Waals surface area (Å²) in [4.78, 5) is 0. The molecule has 3 N–H and O–H groups in total. The van der Waals surface area contributed by atoms with Crippen LogP contribution < -0.4 is 10.5 Å². The third kappa shape index (κ3) is 2.19. The first-order chi connectivity index (χ1) is 3.79. The average Bonchev–Trinajstić information content (AvgIpc) is 1.64. The largest absolute Gasteiger partial charge is 0.394 e. The molecule has 3 nitrogen and oxygen atoms in total. The first-order valence-corrected chi connectivity index (χ1v) is 2.25. The van der Waals surface area contributed by atoms with E-state index in [0.29, 0.717) is 5.69 Å².